The van der Waals surface area contributed by atoms with E-state index in [9.17, 15) is 4.79 Å². The van der Waals surface area contributed by atoms with Crippen LogP contribution in [0.3, 0.4) is 0 Å². The Morgan fingerprint density at radius 2 is 1.75 bits per heavy atom. The predicted octanol–water partition coefficient (Wildman–Crippen LogP) is 5.59. The minimum atomic E-state index is -0.960. The van der Waals surface area contributed by atoms with Crippen molar-refractivity contribution < 1.29 is 9.90 Å². The summed E-state index contributed by atoms with van der Waals surface area (Å²) in [4.78, 5) is 11.0. The molecule has 2 nitrogen and oxygen atoms in total. The van der Waals surface area contributed by atoms with Gasteiger partial charge in [-0.05, 0) is 23.8 Å². The molecule has 20 heavy (non-hydrogen) atoms. The van der Waals surface area contributed by atoms with Crippen LogP contribution in [0.4, 0.5) is 0 Å². The number of carboxylic acid groups (broad SMARTS) is 1. The van der Waals surface area contributed by atoms with Crippen LogP contribution in [-0.4, -0.2) is 11.1 Å². The number of halogens is 4. The van der Waals surface area contributed by atoms with Crippen LogP contribution in [0, 0.1) is 0 Å². The summed E-state index contributed by atoms with van der Waals surface area (Å²) < 4.78 is 0. The molecule has 0 amide bonds. The summed E-state index contributed by atoms with van der Waals surface area (Å²) in [7, 11) is 0. The highest BCUT2D eigenvalue weighted by Crippen LogP contribution is 2.41. The van der Waals surface area contributed by atoms with Crippen LogP contribution in [-0.2, 0) is 11.2 Å². The topological polar surface area (TPSA) is 37.3 Å². The number of carboxylic acids is 1. The molecule has 0 saturated carbocycles. The van der Waals surface area contributed by atoms with Crippen LogP contribution in [0.15, 0.2) is 30.3 Å². The van der Waals surface area contributed by atoms with Gasteiger partial charge in [-0.2, -0.15) is 0 Å². The van der Waals surface area contributed by atoms with Gasteiger partial charge in [-0.1, -0.05) is 58.5 Å². The van der Waals surface area contributed by atoms with Crippen LogP contribution in [0.25, 0.3) is 11.1 Å². The normalized spacial score (nSPS) is 10.6. The Bertz CT molecular complexity index is 683. The smallest absolute Gasteiger partial charge is 0.307 e. The van der Waals surface area contributed by atoms with Gasteiger partial charge >= 0.3 is 5.97 Å². The second kappa shape index (κ2) is 6.23. The van der Waals surface area contributed by atoms with Gasteiger partial charge in [0.25, 0.3) is 0 Å². The quantitative estimate of drug-likeness (QED) is 0.733. The maximum atomic E-state index is 11.0. The number of aliphatic carboxylic acids is 1. The number of hydrogen-bond donors (Lipinski definition) is 1. The fourth-order valence-electron chi connectivity index (χ4n) is 1.92. The number of benzene rings is 2. The Labute approximate surface area is 135 Å². The van der Waals surface area contributed by atoms with Crippen molar-refractivity contribution in [2.45, 2.75) is 6.42 Å². The molecular weight excluding hydrogens is 342 g/mol. The van der Waals surface area contributed by atoms with Gasteiger partial charge in [-0.3, -0.25) is 4.79 Å². The first kappa shape index (κ1) is 15.5. The Kier molecular flexibility index (Phi) is 4.82. The zero-order valence-corrected chi connectivity index (χ0v) is 13.0. The molecule has 2 aromatic rings. The van der Waals surface area contributed by atoms with Crippen LogP contribution >= 0.6 is 46.4 Å². The van der Waals surface area contributed by atoms with Gasteiger partial charge in [0.1, 0.15) is 0 Å². The summed E-state index contributed by atoms with van der Waals surface area (Å²) in [5, 5.41) is 10.3. The molecule has 0 spiro atoms. The van der Waals surface area contributed by atoms with Crippen LogP contribution in [0.1, 0.15) is 5.56 Å². The highest BCUT2D eigenvalue weighted by molar-refractivity contribution is 6.45. The molecule has 1 N–H and O–H groups in total. The van der Waals surface area contributed by atoms with E-state index >= 15 is 0 Å². The van der Waals surface area contributed by atoms with Crippen LogP contribution < -0.4 is 0 Å². The average Bonchev–Trinajstić information content (AvgIpc) is 2.34. The van der Waals surface area contributed by atoms with Crippen molar-refractivity contribution in [3.8, 4) is 11.1 Å². The Hall–Kier alpha value is -0.930. The highest BCUT2D eigenvalue weighted by Gasteiger charge is 2.17. The largest absolute Gasteiger partial charge is 0.481 e. The van der Waals surface area contributed by atoms with E-state index in [0.717, 1.165) is 0 Å². The third-order valence-corrected chi connectivity index (χ3v) is 4.04. The van der Waals surface area contributed by atoms with Crippen molar-refractivity contribution in [1.82, 2.24) is 0 Å². The van der Waals surface area contributed by atoms with Gasteiger partial charge in [-0.25, -0.2) is 0 Å². The summed E-state index contributed by atoms with van der Waals surface area (Å²) in [5.41, 5.74) is 1.60. The predicted molar refractivity (Wildman–Crippen MR) is 83.3 cm³/mol. The molecule has 0 bridgehead atoms. The second-order valence-corrected chi connectivity index (χ2v) is 5.72. The standard InChI is InChI=1S/C14H8Cl4O2/c15-8-5-9(14(18)11(17)6-8)13-7(4-12(19)20)2-1-3-10(13)16/h1-3,5-6H,4H2,(H,19,20). The minimum absolute atomic E-state index is 0.170. The molecule has 2 aromatic carbocycles. The average molecular weight is 350 g/mol. The number of rotatable bonds is 3. The number of carbonyl (C=O) groups is 1. The molecule has 0 fully saturated rings. The lowest BCUT2D eigenvalue weighted by molar-refractivity contribution is -0.136. The molecule has 0 aliphatic rings. The summed E-state index contributed by atoms with van der Waals surface area (Å²) >= 11 is 24.4. The molecule has 0 saturated heterocycles. The van der Waals surface area contributed by atoms with Gasteiger partial charge in [0, 0.05) is 21.2 Å². The van der Waals surface area contributed by atoms with Gasteiger partial charge in [0.15, 0.2) is 0 Å². The van der Waals surface area contributed by atoms with Gasteiger partial charge in [0.05, 0.1) is 16.5 Å². The van der Waals surface area contributed by atoms with Crippen molar-refractivity contribution >= 4 is 52.4 Å². The molecular formula is C14H8Cl4O2. The zero-order chi connectivity index (χ0) is 14.9. The van der Waals surface area contributed by atoms with E-state index in [1.165, 1.54) is 6.07 Å². The first-order valence-electron chi connectivity index (χ1n) is 5.54. The first-order valence-corrected chi connectivity index (χ1v) is 7.05. The third kappa shape index (κ3) is 3.21. The SMILES string of the molecule is O=C(O)Cc1cccc(Cl)c1-c1cc(Cl)cc(Cl)c1Cl. The van der Waals surface area contributed by atoms with Gasteiger partial charge < -0.3 is 5.11 Å². The fraction of sp³-hybridized carbons (Fsp3) is 0.0714. The minimum Gasteiger partial charge on any atom is -0.481 e. The van der Waals surface area contributed by atoms with Crippen molar-refractivity contribution in [2.24, 2.45) is 0 Å². The van der Waals surface area contributed by atoms with Gasteiger partial charge in [0.2, 0.25) is 0 Å². The highest BCUT2D eigenvalue weighted by atomic mass is 35.5. The molecule has 0 heterocycles. The Morgan fingerprint density at radius 1 is 1.05 bits per heavy atom. The summed E-state index contributed by atoms with van der Waals surface area (Å²) in [6.07, 6.45) is -0.170. The molecule has 104 valence electrons. The van der Waals surface area contributed by atoms with E-state index in [0.29, 0.717) is 26.7 Å². The first-order chi connectivity index (χ1) is 9.40. The molecule has 0 aliphatic heterocycles. The van der Waals surface area contributed by atoms with E-state index in [-0.39, 0.29) is 16.5 Å². The number of hydrogen-bond acceptors (Lipinski definition) is 1. The second-order valence-electron chi connectivity index (χ2n) is 4.09. The van der Waals surface area contributed by atoms with E-state index < -0.39 is 5.97 Å². The van der Waals surface area contributed by atoms with E-state index in [1.807, 2.05) is 0 Å². The molecule has 0 aliphatic carbocycles. The maximum absolute atomic E-state index is 11.0. The zero-order valence-electron chi connectivity index (χ0n) is 9.96. The van der Waals surface area contributed by atoms with Crippen molar-refractivity contribution in [2.75, 3.05) is 0 Å². The van der Waals surface area contributed by atoms with Crippen molar-refractivity contribution in [3.63, 3.8) is 0 Å². The maximum Gasteiger partial charge on any atom is 0.307 e. The molecule has 0 atom stereocenters. The van der Waals surface area contributed by atoms with Crippen LogP contribution in [0.2, 0.25) is 20.1 Å². The lowest BCUT2D eigenvalue weighted by Crippen LogP contribution is -2.02. The third-order valence-electron chi connectivity index (χ3n) is 2.70. The Morgan fingerprint density at radius 3 is 2.40 bits per heavy atom. The summed E-state index contributed by atoms with van der Waals surface area (Å²) in [5.74, 6) is -0.960. The fourth-order valence-corrected chi connectivity index (χ4v) is 2.91. The van der Waals surface area contributed by atoms with Gasteiger partial charge in [-0.15, -0.1) is 0 Å². The molecule has 6 heteroatoms. The summed E-state index contributed by atoms with van der Waals surface area (Å²) in [6, 6.07) is 8.16. The lowest BCUT2D eigenvalue weighted by atomic mass is 9.97. The lowest BCUT2D eigenvalue weighted by Gasteiger charge is -2.13. The van der Waals surface area contributed by atoms with E-state index in [1.54, 1.807) is 24.3 Å². The van der Waals surface area contributed by atoms with E-state index in [2.05, 4.69) is 0 Å². The van der Waals surface area contributed by atoms with Crippen molar-refractivity contribution in [1.29, 1.82) is 0 Å². The molecule has 0 radical (unpaired) electrons. The Balaban J connectivity index is 2.72. The van der Waals surface area contributed by atoms with Crippen LogP contribution in [0.5, 0.6) is 0 Å². The molecule has 0 aromatic heterocycles. The molecule has 0 unspecified atom stereocenters. The monoisotopic (exact) mass is 348 g/mol. The summed E-state index contributed by atoms with van der Waals surface area (Å²) in [6.45, 7) is 0. The van der Waals surface area contributed by atoms with Crippen molar-refractivity contribution in [3.05, 3.63) is 56.0 Å². The van der Waals surface area contributed by atoms with E-state index in [4.69, 9.17) is 51.5 Å². The molecule has 2 rings (SSSR count).